The van der Waals surface area contributed by atoms with Crippen molar-refractivity contribution in [3.05, 3.63) is 11.1 Å². The van der Waals surface area contributed by atoms with Gasteiger partial charge in [-0.05, 0) is 30.9 Å². The van der Waals surface area contributed by atoms with Crippen LogP contribution in [0.4, 0.5) is 0 Å². The molecule has 1 fully saturated rings. The highest BCUT2D eigenvalue weighted by Gasteiger charge is 2.20. The first-order chi connectivity index (χ1) is 7.83. The molecule has 0 unspecified atom stereocenters. The van der Waals surface area contributed by atoms with Gasteiger partial charge >= 0.3 is 0 Å². The summed E-state index contributed by atoms with van der Waals surface area (Å²) in [5.74, 6) is 1.07. The van der Waals surface area contributed by atoms with Crippen molar-refractivity contribution in [1.82, 2.24) is 14.8 Å². The van der Waals surface area contributed by atoms with E-state index in [-0.39, 0.29) is 0 Å². The largest absolute Gasteiger partial charge is 0.299 e. The van der Waals surface area contributed by atoms with Crippen LogP contribution < -0.4 is 0 Å². The number of nitrogens with zero attached hydrogens (tertiary/aromatic N) is 3. The molecule has 3 nitrogen and oxygen atoms in total. The van der Waals surface area contributed by atoms with Gasteiger partial charge in [0.05, 0.1) is 0 Å². The molecule has 1 aromatic heterocycles. The molecular formula is C12H20ClN3. The van der Waals surface area contributed by atoms with Gasteiger partial charge in [-0.1, -0.05) is 32.6 Å². The Morgan fingerprint density at radius 1 is 1.19 bits per heavy atom. The summed E-state index contributed by atoms with van der Waals surface area (Å²) < 4.78 is 2.18. The molecule has 1 aromatic rings. The molecule has 0 saturated heterocycles. The fourth-order valence-electron chi connectivity index (χ4n) is 2.57. The van der Waals surface area contributed by atoms with E-state index in [1.165, 1.54) is 38.5 Å². The molecule has 0 aliphatic heterocycles. The first-order valence-electron chi connectivity index (χ1n) is 6.42. The molecule has 0 atom stereocenters. The van der Waals surface area contributed by atoms with Gasteiger partial charge in [-0.2, -0.15) is 0 Å². The summed E-state index contributed by atoms with van der Waals surface area (Å²) in [6, 6.07) is 0.534. The molecular weight excluding hydrogens is 222 g/mol. The van der Waals surface area contributed by atoms with Crippen LogP contribution in [0.3, 0.4) is 0 Å². The van der Waals surface area contributed by atoms with E-state index in [0.717, 1.165) is 18.7 Å². The van der Waals surface area contributed by atoms with E-state index in [9.17, 15) is 0 Å². The maximum Gasteiger partial charge on any atom is 0.225 e. The molecule has 0 spiro atoms. The summed E-state index contributed by atoms with van der Waals surface area (Å²) in [5, 5.41) is 8.79. The van der Waals surface area contributed by atoms with Gasteiger partial charge < -0.3 is 0 Å². The minimum atomic E-state index is 0.534. The molecule has 4 heteroatoms. The van der Waals surface area contributed by atoms with Crippen molar-refractivity contribution in [3.63, 3.8) is 0 Å². The molecule has 90 valence electrons. The Morgan fingerprint density at radius 3 is 2.50 bits per heavy atom. The Bertz CT molecular complexity index is 327. The van der Waals surface area contributed by atoms with E-state index in [2.05, 4.69) is 21.7 Å². The Morgan fingerprint density at radius 2 is 1.88 bits per heavy atom. The average molecular weight is 242 g/mol. The van der Waals surface area contributed by atoms with Crippen molar-refractivity contribution in [2.45, 2.75) is 64.3 Å². The zero-order valence-electron chi connectivity index (χ0n) is 9.95. The Balaban J connectivity index is 2.19. The lowest BCUT2D eigenvalue weighted by Crippen LogP contribution is -2.12. The SMILES string of the molecule is CCCc1nnc(Cl)n1C1CCCCCC1. The second kappa shape index (κ2) is 5.67. The van der Waals surface area contributed by atoms with Crippen molar-refractivity contribution < 1.29 is 0 Å². The van der Waals surface area contributed by atoms with E-state index in [0.29, 0.717) is 11.3 Å². The maximum atomic E-state index is 6.16. The van der Waals surface area contributed by atoms with Crippen LogP contribution in [0.5, 0.6) is 0 Å². The van der Waals surface area contributed by atoms with Gasteiger partial charge in [-0.25, -0.2) is 0 Å². The van der Waals surface area contributed by atoms with Gasteiger partial charge in [0, 0.05) is 12.5 Å². The monoisotopic (exact) mass is 241 g/mol. The standard InChI is InChI=1S/C12H20ClN3/c1-2-7-11-14-15-12(13)16(11)10-8-5-3-4-6-9-10/h10H,2-9H2,1H3. The topological polar surface area (TPSA) is 30.7 Å². The lowest BCUT2D eigenvalue weighted by atomic mass is 10.1. The average Bonchev–Trinajstić information content (AvgIpc) is 2.53. The molecule has 0 amide bonds. The van der Waals surface area contributed by atoms with Gasteiger partial charge in [0.25, 0.3) is 0 Å². The normalized spacial score (nSPS) is 18.6. The Kier molecular flexibility index (Phi) is 4.22. The summed E-state index contributed by atoms with van der Waals surface area (Å²) in [5.41, 5.74) is 0. The molecule has 0 aromatic carbocycles. The molecule has 0 N–H and O–H groups in total. The van der Waals surface area contributed by atoms with E-state index in [1.54, 1.807) is 0 Å². The van der Waals surface area contributed by atoms with Crippen LogP contribution in [0.15, 0.2) is 0 Å². The lowest BCUT2D eigenvalue weighted by Gasteiger charge is -2.18. The van der Waals surface area contributed by atoms with Crippen LogP contribution in [0.25, 0.3) is 0 Å². The molecule has 1 aliphatic rings. The van der Waals surface area contributed by atoms with Gasteiger partial charge in [0.15, 0.2) is 0 Å². The van der Waals surface area contributed by atoms with E-state index in [4.69, 9.17) is 11.6 Å². The van der Waals surface area contributed by atoms with E-state index < -0.39 is 0 Å². The van der Waals surface area contributed by atoms with Gasteiger partial charge in [-0.15, -0.1) is 10.2 Å². The maximum absolute atomic E-state index is 6.16. The minimum Gasteiger partial charge on any atom is -0.299 e. The number of hydrogen-bond donors (Lipinski definition) is 0. The van der Waals surface area contributed by atoms with Crippen molar-refractivity contribution in [3.8, 4) is 0 Å². The van der Waals surface area contributed by atoms with Crippen LogP contribution in [-0.4, -0.2) is 14.8 Å². The van der Waals surface area contributed by atoms with Gasteiger partial charge in [-0.3, -0.25) is 4.57 Å². The molecule has 16 heavy (non-hydrogen) atoms. The number of aryl methyl sites for hydroxylation is 1. The molecule has 2 rings (SSSR count). The van der Waals surface area contributed by atoms with Crippen LogP contribution in [0.1, 0.15) is 63.7 Å². The zero-order valence-corrected chi connectivity index (χ0v) is 10.7. The van der Waals surface area contributed by atoms with E-state index in [1.807, 2.05) is 0 Å². The third-order valence-corrected chi connectivity index (χ3v) is 3.65. The van der Waals surface area contributed by atoms with Crippen molar-refractivity contribution in [1.29, 1.82) is 0 Å². The molecule has 1 saturated carbocycles. The highest BCUT2D eigenvalue weighted by atomic mass is 35.5. The second-order valence-corrected chi connectivity index (χ2v) is 4.99. The van der Waals surface area contributed by atoms with Crippen LogP contribution in [-0.2, 0) is 6.42 Å². The lowest BCUT2D eigenvalue weighted by molar-refractivity contribution is 0.429. The van der Waals surface area contributed by atoms with Crippen molar-refractivity contribution in [2.75, 3.05) is 0 Å². The summed E-state index contributed by atoms with van der Waals surface area (Å²) in [6.45, 7) is 2.17. The third kappa shape index (κ3) is 2.57. The van der Waals surface area contributed by atoms with Crippen LogP contribution in [0, 0.1) is 0 Å². The Labute approximate surface area is 102 Å². The van der Waals surface area contributed by atoms with Crippen LogP contribution in [0.2, 0.25) is 5.28 Å². The smallest absolute Gasteiger partial charge is 0.225 e. The highest BCUT2D eigenvalue weighted by molar-refractivity contribution is 6.28. The van der Waals surface area contributed by atoms with Crippen LogP contribution >= 0.6 is 11.6 Å². The fraction of sp³-hybridized carbons (Fsp3) is 0.833. The van der Waals surface area contributed by atoms with Crippen molar-refractivity contribution >= 4 is 11.6 Å². The number of hydrogen-bond acceptors (Lipinski definition) is 2. The summed E-state index contributed by atoms with van der Waals surface area (Å²) in [7, 11) is 0. The summed E-state index contributed by atoms with van der Waals surface area (Å²) in [4.78, 5) is 0. The third-order valence-electron chi connectivity index (χ3n) is 3.39. The highest BCUT2D eigenvalue weighted by Crippen LogP contribution is 2.30. The fourth-order valence-corrected chi connectivity index (χ4v) is 2.85. The quantitative estimate of drug-likeness (QED) is 0.754. The van der Waals surface area contributed by atoms with Gasteiger partial charge in [0.1, 0.15) is 5.82 Å². The molecule has 0 bridgehead atoms. The predicted octanol–water partition coefficient (Wildman–Crippen LogP) is 3.78. The summed E-state index contributed by atoms with van der Waals surface area (Å²) in [6.07, 6.45) is 9.88. The predicted molar refractivity (Wildman–Crippen MR) is 65.8 cm³/mol. The number of aromatic nitrogens is 3. The minimum absolute atomic E-state index is 0.534. The Hall–Kier alpha value is -0.570. The molecule has 1 aliphatic carbocycles. The number of halogens is 1. The first-order valence-corrected chi connectivity index (χ1v) is 6.80. The molecule has 0 radical (unpaired) electrons. The number of rotatable bonds is 3. The van der Waals surface area contributed by atoms with Gasteiger partial charge in [0.2, 0.25) is 5.28 Å². The van der Waals surface area contributed by atoms with E-state index >= 15 is 0 Å². The first kappa shape index (κ1) is 11.9. The summed E-state index contributed by atoms with van der Waals surface area (Å²) >= 11 is 6.16. The zero-order chi connectivity index (χ0) is 11.4. The van der Waals surface area contributed by atoms with Crippen molar-refractivity contribution in [2.24, 2.45) is 0 Å². The molecule has 1 heterocycles. The second-order valence-electron chi connectivity index (χ2n) is 4.65.